The van der Waals surface area contributed by atoms with E-state index in [2.05, 4.69) is 5.32 Å². The number of nitro benzene ring substituents is 1. The number of aliphatic hydroxyl groups is 1. The van der Waals surface area contributed by atoms with E-state index < -0.39 is 4.92 Å². The highest BCUT2D eigenvalue weighted by atomic mass is 16.6. The van der Waals surface area contributed by atoms with Gasteiger partial charge in [0.15, 0.2) is 0 Å². The summed E-state index contributed by atoms with van der Waals surface area (Å²) in [5, 5.41) is 22.9. The van der Waals surface area contributed by atoms with E-state index in [-0.39, 0.29) is 12.3 Å². The SMILES string of the molecule is O=[N+]([O-])c1ccc(CO)cc1NCCC1CC1. The number of nitro groups is 1. The minimum absolute atomic E-state index is 0.0676. The van der Waals surface area contributed by atoms with Crippen molar-refractivity contribution in [3.63, 3.8) is 0 Å². The maximum atomic E-state index is 10.8. The van der Waals surface area contributed by atoms with Crippen LogP contribution in [0.1, 0.15) is 24.8 Å². The van der Waals surface area contributed by atoms with E-state index in [9.17, 15) is 10.1 Å². The number of nitrogens with one attached hydrogen (secondary N) is 1. The van der Waals surface area contributed by atoms with Gasteiger partial charge in [-0.1, -0.05) is 12.8 Å². The molecule has 1 aromatic rings. The molecule has 1 saturated carbocycles. The molecule has 0 saturated heterocycles. The molecule has 0 bridgehead atoms. The Bertz CT molecular complexity index is 416. The average molecular weight is 236 g/mol. The van der Waals surface area contributed by atoms with Gasteiger partial charge in [-0.3, -0.25) is 10.1 Å². The zero-order valence-corrected chi connectivity index (χ0v) is 9.56. The summed E-state index contributed by atoms with van der Waals surface area (Å²) in [7, 11) is 0. The van der Waals surface area contributed by atoms with Crippen LogP contribution >= 0.6 is 0 Å². The first-order valence-electron chi connectivity index (χ1n) is 5.82. The molecule has 1 fully saturated rings. The van der Waals surface area contributed by atoms with Gasteiger partial charge in [-0.25, -0.2) is 0 Å². The van der Waals surface area contributed by atoms with Crippen molar-refractivity contribution in [2.24, 2.45) is 5.92 Å². The second-order valence-electron chi connectivity index (χ2n) is 4.43. The van der Waals surface area contributed by atoms with Gasteiger partial charge in [0, 0.05) is 12.6 Å². The van der Waals surface area contributed by atoms with Crippen LogP contribution in [0.15, 0.2) is 18.2 Å². The summed E-state index contributed by atoms with van der Waals surface area (Å²) in [6.45, 7) is 0.648. The van der Waals surface area contributed by atoms with Gasteiger partial charge < -0.3 is 10.4 Å². The summed E-state index contributed by atoms with van der Waals surface area (Å²) in [6, 6.07) is 4.65. The van der Waals surface area contributed by atoms with Crippen LogP contribution in [0, 0.1) is 16.0 Å². The molecule has 0 aliphatic heterocycles. The second kappa shape index (κ2) is 5.14. The first-order valence-corrected chi connectivity index (χ1v) is 5.82. The lowest BCUT2D eigenvalue weighted by Crippen LogP contribution is -2.05. The molecule has 0 spiro atoms. The summed E-state index contributed by atoms with van der Waals surface area (Å²) in [5.41, 5.74) is 1.25. The number of aliphatic hydroxyl groups excluding tert-OH is 1. The quantitative estimate of drug-likeness (QED) is 0.587. The molecule has 0 amide bonds. The highest BCUT2D eigenvalue weighted by Crippen LogP contribution is 2.32. The zero-order valence-electron chi connectivity index (χ0n) is 9.56. The van der Waals surface area contributed by atoms with Gasteiger partial charge in [-0.05, 0) is 30.0 Å². The van der Waals surface area contributed by atoms with E-state index in [0.29, 0.717) is 11.3 Å². The predicted octanol–water partition coefficient (Wildman–Crippen LogP) is 2.30. The summed E-state index contributed by atoms with van der Waals surface area (Å²) in [5.74, 6) is 0.794. The number of anilines is 1. The van der Waals surface area contributed by atoms with E-state index in [0.717, 1.165) is 18.9 Å². The van der Waals surface area contributed by atoms with Gasteiger partial charge in [0.1, 0.15) is 5.69 Å². The van der Waals surface area contributed by atoms with Crippen molar-refractivity contribution in [1.29, 1.82) is 0 Å². The Balaban J connectivity index is 2.06. The Kier molecular flexibility index (Phi) is 3.58. The molecule has 1 aromatic carbocycles. The normalized spacial score (nSPS) is 14.6. The lowest BCUT2D eigenvalue weighted by Gasteiger charge is -2.08. The third-order valence-corrected chi connectivity index (χ3v) is 3.01. The molecule has 2 N–H and O–H groups in total. The monoisotopic (exact) mass is 236 g/mol. The molecule has 0 atom stereocenters. The van der Waals surface area contributed by atoms with Crippen LogP contribution < -0.4 is 5.32 Å². The number of rotatable bonds is 6. The highest BCUT2D eigenvalue weighted by Gasteiger charge is 2.21. The fourth-order valence-corrected chi connectivity index (χ4v) is 1.80. The van der Waals surface area contributed by atoms with Crippen LogP contribution in [-0.4, -0.2) is 16.6 Å². The van der Waals surface area contributed by atoms with Gasteiger partial charge in [0.25, 0.3) is 5.69 Å². The summed E-state index contributed by atoms with van der Waals surface area (Å²) in [4.78, 5) is 10.4. The molecule has 1 aliphatic rings. The topological polar surface area (TPSA) is 75.4 Å². The van der Waals surface area contributed by atoms with Gasteiger partial charge in [-0.15, -0.1) is 0 Å². The smallest absolute Gasteiger partial charge is 0.292 e. The van der Waals surface area contributed by atoms with Crippen molar-refractivity contribution in [3.8, 4) is 0 Å². The minimum atomic E-state index is -0.402. The highest BCUT2D eigenvalue weighted by molar-refractivity contribution is 5.62. The predicted molar refractivity (Wildman–Crippen MR) is 64.8 cm³/mol. The second-order valence-corrected chi connectivity index (χ2v) is 4.43. The molecule has 0 unspecified atom stereocenters. The molecular weight excluding hydrogens is 220 g/mol. The first-order chi connectivity index (χ1) is 8.20. The molecule has 5 heteroatoms. The largest absolute Gasteiger partial charge is 0.392 e. The summed E-state index contributed by atoms with van der Waals surface area (Å²) < 4.78 is 0. The van der Waals surface area contributed by atoms with Crippen LogP contribution in [0.4, 0.5) is 11.4 Å². The van der Waals surface area contributed by atoms with Crippen LogP contribution in [0.3, 0.4) is 0 Å². The third-order valence-electron chi connectivity index (χ3n) is 3.01. The Morgan fingerprint density at radius 2 is 2.24 bits per heavy atom. The Morgan fingerprint density at radius 1 is 1.47 bits per heavy atom. The van der Waals surface area contributed by atoms with E-state index in [4.69, 9.17) is 5.11 Å². The molecule has 5 nitrogen and oxygen atoms in total. The van der Waals surface area contributed by atoms with Gasteiger partial charge >= 0.3 is 0 Å². The van der Waals surface area contributed by atoms with Crippen molar-refractivity contribution >= 4 is 11.4 Å². The molecule has 2 rings (SSSR count). The molecule has 92 valence electrons. The fraction of sp³-hybridized carbons (Fsp3) is 0.500. The van der Waals surface area contributed by atoms with E-state index in [1.807, 2.05) is 0 Å². The standard InChI is InChI=1S/C12H16N2O3/c15-8-10-3-4-12(14(16)17)11(7-10)13-6-5-9-1-2-9/h3-4,7,9,13,15H,1-2,5-6,8H2. The Labute approximate surface area is 99.6 Å². The van der Waals surface area contributed by atoms with Gasteiger partial charge in [-0.2, -0.15) is 0 Å². The Hall–Kier alpha value is -1.62. The summed E-state index contributed by atoms with van der Waals surface area (Å²) >= 11 is 0. The molecule has 0 aromatic heterocycles. The van der Waals surface area contributed by atoms with Crippen molar-refractivity contribution in [1.82, 2.24) is 0 Å². The molecule has 1 aliphatic carbocycles. The fourth-order valence-electron chi connectivity index (χ4n) is 1.80. The number of hydrogen-bond acceptors (Lipinski definition) is 4. The summed E-state index contributed by atoms with van der Waals surface area (Å²) in [6.07, 6.45) is 3.61. The van der Waals surface area contributed by atoms with Crippen LogP contribution in [0.25, 0.3) is 0 Å². The third kappa shape index (κ3) is 3.17. The van der Waals surface area contributed by atoms with Crippen LogP contribution in [0.5, 0.6) is 0 Å². The minimum Gasteiger partial charge on any atom is -0.392 e. The first kappa shape index (κ1) is 11.9. The number of hydrogen-bond donors (Lipinski definition) is 2. The Morgan fingerprint density at radius 3 is 2.82 bits per heavy atom. The van der Waals surface area contributed by atoms with E-state index in [1.54, 1.807) is 12.1 Å². The van der Waals surface area contributed by atoms with Crippen molar-refractivity contribution in [3.05, 3.63) is 33.9 Å². The van der Waals surface area contributed by atoms with Gasteiger partial charge in [0.2, 0.25) is 0 Å². The maximum absolute atomic E-state index is 10.8. The van der Waals surface area contributed by atoms with Crippen LogP contribution in [0.2, 0.25) is 0 Å². The average Bonchev–Trinajstić information content (AvgIpc) is 3.12. The van der Waals surface area contributed by atoms with Crippen molar-refractivity contribution < 1.29 is 10.0 Å². The maximum Gasteiger partial charge on any atom is 0.292 e. The van der Waals surface area contributed by atoms with E-state index >= 15 is 0 Å². The van der Waals surface area contributed by atoms with Crippen molar-refractivity contribution in [2.75, 3.05) is 11.9 Å². The van der Waals surface area contributed by atoms with Crippen molar-refractivity contribution in [2.45, 2.75) is 25.9 Å². The van der Waals surface area contributed by atoms with E-state index in [1.165, 1.54) is 18.9 Å². The lowest BCUT2D eigenvalue weighted by atomic mass is 10.1. The lowest BCUT2D eigenvalue weighted by molar-refractivity contribution is -0.384. The number of benzene rings is 1. The van der Waals surface area contributed by atoms with Gasteiger partial charge in [0.05, 0.1) is 11.5 Å². The molecular formula is C12H16N2O3. The molecule has 0 radical (unpaired) electrons. The van der Waals surface area contributed by atoms with Crippen LogP contribution in [-0.2, 0) is 6.61 Å². The molecule has 0 heterocycles. The molecule has 17 heavy (non-hydrogen) atoms. The zero-order chi connectivity index (χ0) is 12.3. The number of nitrogens with zero attached hydrogens (tertiary/aromatic N) is 1.